The third-order valence-electron chi connectivity index (χ3n) is 14.0. The number of carbonyl (C=O) groups excluding carboxylic acids is 2. The first-order valence-corrected chi connectivity index (χ1v) is 16.4. The normalized spacial score (nSPS) is 45.9. The lowest BCUT2D eigenvalue weighted by Crippen LogP contribution is -2.69. The molecular formula is C35H50O7. The number of aliphatic hydroxyl groups excluding tert-OH is 1. The Bertz CT molecular complexity index is 1290. The number of hydrogen-bond acceptors (Lipinski definition) is 6. The van der Waals surface area contributed by atoms with Gasteiger partial charge in [0.2, 0.25) is 0 Å². The molecule has 2 spiro atoms. The molecule has 0 aliphatic heterocycles. The standard InChI is InChI=1S/C35H50O7/c1-20(15-22(36)16-21(2)29(39)40)23-17-35(42)14-13-34(41)19-25-30(3,4)26(38)9-12-32(25)10-7-6-8-11-33(23)18-24(37)27(32)28(34)31(33,35)5/h16,20,22-23,25,36,41-42H,6-15,17-19H2,1-5H3,(H,39,40). The summed E-state index contributed by atoms with van der Waals surface area (Å²) in [5, 5.41) is 45.7. The van der Waals surface area contributed by atoms with Gasteiger partial charge in [-0.25, -0.2) is 4.79 Å². The maximum absolute atomic E-state index is 14.8. The van der Waals surface area contributed by atoms with Crippen LogP contribution in [0.1, 0.15) is 118 Å². The Morgan fingerprint density at radius 1 is 1.00 bits per heavy atom. The zero-order chi connectivity index (χ0) is 30.7. The number of allylic oxidation sites excluding steroid dienone is 1. The van der Waals surface area contributed by atoms with E-state index in [4.69, 9.17) is 0 Å². The fraction of sp³-hybridized carbons (Fsp3) is 0.800. The molecule has 0 aromatic carbocycles. The zero-order valence-electron chi connectivity index (χ0n) is 26.1. The van der Waals surface area contributed by atoms with Crippen molar-refractivity contribution in [1.82, 2.24) is 0 Å². The van der Waals surface area contributed by atoms with E-state index in [9.17, 15) is 34.8 Å². The molecule has 0 aromatic heterocycles. The van der Waals surface area contributed by atoms with E-state index < -0.39 is 44.9 Å². The molecule has 4 fully saturated rings. The molecule has 232 valence electrons. The summed E-state index contributed by atoms with van der Waals surface area (Å²) in [7, 11) is 0. The molecule has 4 saturated carbocycles. The first kappa shape index (κ1) is 30.2. The van der Waals surface area contributed by atoms with Crippen molar-refractivity contribution in [2.75, 3.05) is 0 Å². The Morgan fingerprint density at radius 3 is 2.38 bits per heavy atom. The van der Waals surface area contributed by atoms with E-state index in [-0.39, 0.29) is 34.9 Å². The lowest BCUT2D eigenvalue weighted by Gasteiger charge is -2.69. The van der Waals surface area contributed by atoms with Gasteiger partial charge >= 0.3 is 5.97 Å². The average molecular weight is 583 g/mol. The molecule has 6 aliphatic carbocycles. The minimum Gasteiger partial charge on any atom is -0.478 e. The molecule has 6 rings (SSSR count). The number of aliphatic carboxylic acids is 1. The number of rotatable bonds is 5. The SMILES string of the molecule is CC(=CC(O)CC(C)C1CC2(O)CCC3(O)CC4C(C)(C)C(=O)CCC45CCCCCC14CC(=O)C5=C3C24C)C(=O)O. The summed E-state index contributed by atoms with van der Waals surface area (Å²) in [6, 6.07) is 0. The number of fused-ring (bicyclic) bond motifs is 1. The van der Waals surface area contributed by atoms with E-state index in [2.05, 4.69) is 13.8 Å². The first-order chi connectivity index (χ1) is 19.5. The molecule has 42 heavy (non-hydrogen) atoms. The summed E-state index contributed by atoms with van der Waals surface area (Å²) in [6.07, 6.45) is 8.50. The predicted molar refractivity (Wildman–Crippen MR) is 157 cm³/mol. The minimum absolute atomic E-state index is 0.0708. The van der Waals surface area contributed by atoms with Crippen LogP contribution in [0, 0.1) is 39.4 Å². The molecule has 4 N–H and O–H groups in total. The van der Waals surface area contributed by atoms with Gasteiger partial charge in [0.15, 0.2) is 5.78 Å². The molecule has 2 bridgehead atoms. The molecule has 9 unspecified atom stereocenters. The van der Waals surface area contributed by atoms with Crippen LogP contribution < -0.4 is 0 Å². The highest BCUT2D eigenvalue weighted by Crippen LogP contribution is 2.80. The number of hydrogen-bond donors (Lipinski definition) is 4. The van der Waals surface area contributed by atoms with Gasteiger partial charge < -0.3 is 20.4 Å². The van der Waals surface area contributed by atoms with Crippen LogP contribution in [0.25, 0.3) is 0 Å². The van der Waals surface area contributed by atoms with Crippen LogP contribution in [0.5, 0.6) is 0 Å². The Morgan fingerprint density at radius 2 is 1.69 bits per heavy atom. The summed E-state index contributed by atoms with van der Waals surface area (Å²) in [5.41, 5.74) is -3.11. The fourth-order valence-electron chi connectivity index (χ4n) is 12.0. The third-order valence-corrected chi connectivity index (χ3v) is 14.0. The number of carboxylic acids is 1. The maximum Gasteiger partial charge on any atom is 0.331 e. The van der Waals surface area contributed by atoms with Crippen LogP contribution in [0.3, 0.4) is 0 Å². The molecule has 6 aliphatic rings. The van der Waals surface area contributed by atoms with E-state index in [0.717, 1.165) is 43.3 Å². The number of ketones is 2. The minimum atomic E-state index is -1.24. The Hall–Kier alpha value is -1.83. The molecule has 0 radical (unpaired) electrons. The Kier molecular flexibility index (Phi) is 6.72. The van der Waals surface area contributed by atoms with Crippen molar-refractivity contribution >= 4 is 17.5 Å². The number of carboxylic acid groups (broad SMARTS) is 1. The molecule has 0 heterocycles. The maximum atomic E-state index is 14.8. The summed E-state index contributed by atoms with van der Waals surface area (Å²) in [5.74, 6) is -1.00. The van der Waals surface area contributed by atoms with Crippen molar-refractivity contribution in [2.24, 2.45) is 39.4 Å². The number of aliphatic hydroxyl groups is 3. The van der Waals surface area contributed by atoms with Crippen molar-refractivity contribution in [3.8, 4) is 0 Å². The largest absolute Gasteiger partial charge is 0.478 e. The molecule has 9 atom stereocenters. The summed E-state index contributed by atoms with van der Waals surface area (Å²) >= 11 is 0. The Labute approximate surface area is 249 Å². The van der Waals surface area contributed by atoms with Crippen molar-refractivity contribution in [3.05, 3.63) is 22.8 Å². The topological polar surface area (TPSA) is 132 Å². The average Bonchev–Trinajstić information content (AvgIpc) is 3.10. The highest BCUT2D eigenvalue weighted by Gasteiger charge is 2.79. The van der Waals surface area contributed by atoms with Crippen LogP contribution >= 0.6 is 0 Å². The zero-order valence-corrected chi connectivity index (χ0v) is 26.1. The fourth-order valence-corrected chi connectivity index (χ4v) is 12.0. The monoisotopic (exact) mass is 582 g/mol. The van der Waals surface area contributed by atoms with Crippen LogP contribution in [-0.4, -0.2) is 55.3 Å². The molecule has 7 nitrogen and oxygen atoms in total. The van der Waals surface area contributed by atoms with Gasteiger partial charge in [0.05, 0.1) is 17.3 Å². The summed E-state index contributed by atoms with van der Waals surface area (Å²) in [6.45, 7) is 9.73. The third kappa shape index (κ3) is 3.65. The number of Topliss-reactive ketones (excluding diaryl/α,β-unsaturated/α-hetero) is 2. The van der Waals surface area contributed by atoms with Gasteiger partial charge in [-0.05, 0) is 93.1 Å². The van der Waals surface area contributed by atoms with Crippen LogP contribution in [0.15, 0.2) is 22.8 Å². The van der Waals surface area contributed by atoms with Gasteiger partial charge in [-0.1, -0.05) is 47.0 Å². The summed E-state index contributed by atoms with van der Waals surface area (Å²) < 4.78 is 0. The highest BCUT2D eigenvalue weighted by molar-refractivity contribution is 6.01. The lowest BCUT2D eigenvalue weighted by molar-refractivity contribution is -0.184. The van der Waals surface area contributed by atoms with Gasteiger partial charge in [0, 0.05) is 40.2 Å². The van der Waals surface area contributed by atoms with Crippen molar-refractivity contribution in [2.45, 2.75) is 135 Å². The first-order valence-electron chi connectivity index (χ1n) is 16.4. The smallest absolute Gasteiger partial charge is 0.331 e. The van der Waals surface area contributed by atoms with Crippen LogP contribution in [-0.2, 0) is 14.4 Å². The van der Waals surface area contributed by atoms with Gasteiger partial charge in [-0.2, -0.15) is 0 Å². The van der Waals surface area contributed by atoms with Gasteiger partial charge in [-0.3, -0.25) is 9.59 Å². The summed E-state index contributed by atoms with van der Waals surface area (Å²) in [4.78, 5) is 39.5. The van der Waals surface area contributed by atoms with E-state index in [1.54, 1.807) is 0 Å². The lowest BCUT2D eigenvalue weighted by atomic mass is 9.35. The van der Waals surface area contributed by atoms with Gasteiger partial charge in [-0.15, -0.1) is 0 Å². The van der Waals surface area contributed by atoms with Gasteiger partial charge in [0.1, 0.15) is 5.78 Å². The number of carbonyl (C=O) groups is 3. The second-order valence-corrected chi connectivity index (χ2v) is 16.1. The van der Waals surface area contributed by atoms with Crippen molar-refractivity contribution < 1.29 is 34.8 Å². The highest BCUT2D eigenvalue weighted by atomic mass is 16.4. The van der Waals surface area contributed by atoms with Crippen LogP contribution in [0.4, 0.5) is 0 Å². The Balaban J connectivity index is 1.55. The second kappa shape index (κ2) is 9.34. The van der Waals surface area contributed by atoms with E-state index in [1.807, 2.05) is 13.8 Å². The molecule has 0 aromatic rings. The van der Waals surface area contributed by atoms with Crippen molar-refractivity contribution in [1.29, 1.82) is 0 Å². The van der Waals surface area contributed by atoms with Crippen molar-refractivity contribution in [3.63, 3.8) is 0 Å². The van der Waals surface area contributed by atoms with E-state index in [0.29, 0.717) is 51.4 Å². The van der Waals surface area contributed by atoms with E-state index in [1.165, 1.54) is 13.0 Å². The molecule has 0 saturated heterocycles. The quantitative estimate of drug-likeness (QED) is 0.323. The molecule has 7 heteroatoms. The molecular weight excluding hydrogens is 532 g/mol. The predicted octanol–water partition coefficient (Wildman–Crippen LogP) is 5.30. The second-order valence-electron chi connectivity index (χ2n) is 16.1. The van der Waals surface area contributed by atoms with Gasteiger partial charge in [0.25, 0.3) is 0 Å². The van der Waals surface area contributed by atoms with E-state index >= 15 is 0 Å². The molecule has 0 amide bonds. The van der Waals surface area contributed by atoms with Crippen LogP contribution in [0.2, 0.25) is 0 Å².